The van der Waals surface area contributed by atoms with Crippen LogP contribution in [0.3, 0.4) is 0 Å². The summed E-state index contributed by atoms with van der Waals surface area (Å²) in [6.45, 7) is 4.08. The van der Waals surface area contributed by atoms with E-state index in [-0.39, 0.29) is 23.5 Å². The molecule has 1 aromatic heterocycles. The maximum atomic E-state index is 13.7. The maximum Gasteiger partial charge on any atom is 0.193 e. The number of ketones is 2. The predicted molar refractivity (Wildman–Crippen MR) is 156 cm³/mol. The van der Waals surface area contributed by atoms with E-state index in [1.54, 1.807) is 18.2 Å². The van der Waals surface area contributed by atoms with Gasteiger partial charge in [-0.25, -0.2) is 0 Å². The molecule has 1 aliphatic heterocycles. The number of ether oxygens (including phenoxy) is 2. The van der Waals surface area contributed by atoms with Crippen molar-refractivity contribution in [3.63, 3.8) is 0 Å². The highest BCUT2D eigenvalue weighted by Crippen LogP contribution is 2.70. The summed E-state index contributed by atoms with van der Waals surface area (Å²) in [5.41, 5.74) is 6.72. The third kappa shape index (κ3) is 3.82. The van der Waals surface area contributed by atoms with Crippen molar-refractivity contribution in [1.29, 1.82) is 0 Å². The molecule has 42 heavy (non-hydrogen) atoms. The molecule has 2 heterocycles. The third-order valence-corrected chi connectivity index (χ3v) is 11.6. The van der Waals surface area contributed by atoms with Crippen LogP contribution in [-0.4, -0.2) is 50.8 Å². The van der Waals surface area contributed by atoms with Crippen molar-refractivity contribution in [2.75, 3.05) is 12.3 Å². The molecule has 222 valence electrons. The molecule has 1 aromatic carbocycles. The minimum atomic E-state index is -1.37. The van der Waals surface area contributed by atoms with E-state index < -0.39 is 47.3 Å². The molecule has 4 fully saturated rings. The number of nitrogens with zero attached hydrogens (tertiary/aromatic N) is 1. The van der Waals surface area contributed by atoms with Gasteiger partial charge < -0.3 is 30.0 Å². The number of aromatic nitrogens is 1. The summed E-state index contributed by atoms with van der Waals surface area (Å²) in [5, 5.41) is 22.5. The molecular weight excluding hydrogens is 556 g/mol. The van der Waals surface area contributed by atoms with E-state index in [0.29, 0.717) is 30.1 Å². The number of carbonyl (C=O) groups is 2. The quantitative estimate of drug-likeness (QED) is 0.440. The number of rotatable bonds is 5. The Balaban J connectivity index is 1.18. The number of allylic oxidation sites excluding steroid dienone is 4. The first kappa shape index (κ1) is 28.0. The lowest BCUT2D eigenvalue weighted by molar-refractivity contribution is -0.201. The summed E-state index contributed by atoms with van der Waals surface area (Å²) < 4.78 is 15.2. The Hall–Kier alpha value is -2.75. The van der Waals surface area contributed by atoms with Gasteiger partial charge in [0.15, 0.2) is 23.5 Å². The number of halogens is 1. The number of aliphatic hydroxyl groups excluding tert-OH is 2. The number of anilines is 1. The highest BCUT2D eigenvalue weighted by Gasteiger charge is 2.75. The van der Waals surface area contributed by atoms with Gasteiger partial charge in [0.05, 0.1) is 22.9 Å². The zero-order valence-electron chi connectivity index (χ0n) is 23.8. The first-order chi connectivity index (χ1) is 20.0. The van der Waals surface area contributed by atoms with Crippen LogP contribution in [0, 0.1) is 28.6 Å². The molecule has 9 atom stereocenters. The van der Waals surface area contributed by atoms with Crippen molar-refractivity contribution < 1.29 is 29.3 Å². The number of nitrogen functional groups attached to an aromatic ring is 1. The Labute approximate surface area is 250 Å². The predicted octanol–water partition coefficient (Wildman–Crippen LogP) is 4.37. The van der Waals surface area contributed by atoms with Gasteiger partial charge >= 0.3 is 0 Å². The van der Waals surface area contributed by atoms with Gasteiger partial charge in [0.25, 0.3) is 0 Å². The molecule has 0 unspecified atom stereocenters. The fourth-order valence-corrected chi connectivity index (χ4v) is 9.61. The summed E-state index contributed by atoms with van der Waals surface area (Å²) in [4.78, 5) is 25.9. The van der Waals surface area contributed by atoms with Crippen molar-refractivity contribution >= 4 is 28.9 Å². The van der Waals surface area contributed by atoms with Crippen LogP contribution in [-0.2, 0) is 25.6 Å². The number of Topliss-reactive ketones (excluding diaryl/α,β-unsaturated/α-hetero) is 1. The lowest BCUT2D eigenvalue weighted by Gasteiger charge is -2.59. The lowest BCUT2D eigenvalue weighted by Crippen LogP contribution is -2.63. The highest BCUT2D eigenvalue weighted by molar-refractivity contribution is 6.33. The second kappa shape index (κ2) is 9.63. The number of hydrogen-bond acceptors (Lipinski definition) is 7. The zero-order valence-corrected chi connectivity index (χ0v) is 24.6. The molecule has 0 spiro atoms. The first-order valence-electron chi connectivity index (χ1n) is 14.8. The summed E-state index contributed by atoms with van der Waals surface area (Å²) in [6, 6.07) is 7.47. The van der Waals surface area contributed by atoms with Gasteiger partial charge in [0, 0.05) is 41.2 Å². The van der Waals surface area contributed by atoms with Crippen LogP contribution in [0.5, 0.6) is 0 Å². The van der Waals surface area contributed by atoms with Gasteiger partial charge in [-0.2, -0.15) is 0 Å². The van der Waals surface area contributed by atoms with E-state index in [1.807, 2.05) is 48.2 Å². The molecule has 0 radical (unpaired) electrons. The molecule has 1 saturated heterocycles. The minimum Gasteiger partial charge on any atom is -0.398 e. The topological polar surface area (TPSA) is 124 Å². The van der Waals surface area contributed by atoms with Crippen LogP contribution in [0.15, 0.2) is 60.5 Å². The molecule has 2 aromatic rings. The van der Waals surface area contributed by atoms with Crippen LogP contribution in [0.4, 0.5) is 5.69 Å². The number of benzene rings is 1. The zero-order chi connectivity index (χ0) is 29.6. The lowest BCUT2D eigenvalue weighted by atomic mass is 9.46. The average molecular weight is 593 g/mol. The Morgan fingerprint density at radius 3 is 2.83 bits per heavy atom. The van der Waals surface area contributed by atoms with E-state index in [2.05, 4.69) is 6.92 Å². The highest BCUT2D eigenvalue weighted by atomic mass is 35.5. The SMILES string of the molecule is C[C@]12C=CC(=O)C=C1CC[C@@H]1[C@@H]2[C@@H](O)C[C@@]2(C)[C@H]1C[C@H]1O[C@@H](c3ccn(Cc4ccc(N)c(Cl)c4)c3)O[C@]12C(=O)CO. The number of hydrogen-bond donors (Lipinski definition) is 3. The molecule has 8 nitrogen and oxygen atoms in total. The largest absolute Gasteiger partial charge is 0.398 e. The number of aliphatic hydroxyl groups is 2. The van der Waals surface area contributed by atoms with Gasteiger partial charge in [0.1, 0.15) is 6.61 Å². The van der Waals surface area contributed by atoms with Crippen molar-refractivity contribution in [3.8, 4) is 0 Å². The van der Waals surface area contributed by atoms with Gasteiger partial charge in [-0.1, -0.05) is 43.2 Å². The van der Waals surface area contributed by atoms with E-state index in [4.69, 9.17) is 26.8 Å². The summed E-state index contributed by atoms with van der Waals surface area (Å²) in [7, 11) is 0. The second-order valence-electron chi connectivity index (χ2n) is 13.3. The monoisotopic (exact) mass is 592 g/mol. The Morgan fingerprint density at radius 2 is 2.07 bits per heavy atom. The number of fused-ring (bicyclic) bond motifs is 7. The van der Waals surface area contributed by atoms with Gasteiger partial charge in [0.2, 0.25) is 0 Å². The van der Waals surface area contributed by atoms with Crippen LogP contribution in [0.2, 0.25) is 5.02 Å². The molecule has 4 N–H and O–H groups in total. The van der Waals surface area contributed by atoms with Crippen LogP contribution in [0.25, 0.3) is 0 Å². The Morgan fingerprint density at radius 1 is 1.26 bits per heavy atom. The van der Waals surface area contributed by atoms with Crippen molar-refractivity contribution in [3.05, 3.63) is 76.6 Å². The first-order valence-corrected chi connectivity index (χ1v) is 15.2. The maximum absolute atomic E-state index is 13.7. The molecule has 7 rings (SSSR count). The summed E-state index contributed by atoms with van der Waals surface area (Å²) in [5.74, 6) is -0.306. The van der Waals surface area contributed by atoms with E-state index >= 15 is 0 Å². The molecule has 0 bridgehead atoms. The number of carbonyl (C=O) groups excluding carboxylic acids is 2. The normalized spacial score (nSPS) is 40.2. The Kier molecular flexibility index (Phi) is 6.43. The molecule has 0 amide bonds. The fourth-order valence-electron chi connectivity index (χ4n) is 9.41. The van der Waals surface area contributed by atoms with Gasteiger partial charge in [-0.15, -0.1) is 0 Å². The fraction of sp³-hybridized carbons (Fsp3) is 0.515. The Bertz CT molecular complexity index is 1530. The molecule has 3 saturated carbocycles. The van der Waals surface area contributed by atoms with Crippen molar-refractivity contribution in [2.45, 2.75) is 70.2 Å². The minimum absolute atomic E-state index is 0.00195. The molecule has 4 aliphatic carbocycles. The summed E-state index contributed by atoms with van der Waals surface area (Å²) in [6.07, 6.45) is 9.72. The second-order valence-corrected chi connectivity index (χ2v) is 13.7. The molecule has 9 heteroatoms. The van der Waals surface area contributed by atoms with Crippen molar-refractivity contribution in [2.24, 2.45) is 28.6 Å². The summed E-state index contributed by atoms with van der Waals surface area (Å²) >= 11 is 6.21. The van der Waals surface area contributed by atoms with E-state index in [9.17, 15) is 19.8 Å². The smallest absolute Gasteiger partial charge is 0.193 e. The van der Waals surface area contributed by atoms with Crippen LogP contribution >= 0.6 is 11.6 Å². The van der Waals surface area contributed by atoms with Gasteiger partial charge in [-0.3, -0.25) is 9.59 Å². The third-order valence-electron chi connectivity index (χ3n) is 11.3. The van der Waals surface area contributed by atoms with Crippen LogP contribution in [0.1, 0.15) is 56.9 Å². The molecular formula is C33H37ClN2O6. The molecule has 5 aliphatic rings. The van der Waals surface area contributed by atoms with E-state index in [0.717, 1.165) is 29.5 Å². The van der Waals surface area contributed by atoms with Gasteiger partial charge in [-0.05, 0) is 73.4 Å². The van der Waals surface area contributed by atoms with E-state index in [1.165, 1.54) is 0 Å². The standard InChI is InChI=1S/C33H37ClN2O6/c1-31-9-7-21(38)12-20(31)4-5-22-23-13-28-33(27(40)17-37,32(23,2)14-26(39)29(22)31)42-30(41-28)19-8-10-36(16-19)15-18-3-6-25(35)24(34)11-18/h3,6-12,16,22-23,26,28-30,37,39H,4-5,13-15,17,35H2,1-2H3/t22-,23-,26-,28+,29+,30+,31-,32-,33+/m0/s1. The average Bonchev–Trinajstić information content (AvgIpc) is 3.63. The van der Waals surface area contributed by atoms with Crippen molar-refractivity contribution in [1.82, 2.24) is 4.57 Å². The van der Waals surface area contributed by atoms with Crippen LogP contribution < -0.4 is 5.73 Å². The number of nitrogens with two attached hydrogens (primary N) is 1.